The lowest BCUT2D eigenvalue weighted by atomic mass is 10.1. The maximum Gasteiger partial charge on any atom is 0.331 e. The van der Waals surface area contributed by atoms with Crippen LogP contribution in [-0.2, 0) is 14.3 Å². The number of ether oxygens (including phenoxy) is 1. The second kappa shape index (κ2) is 9.68. The first-order chi connectivity index (χ1) is 12.4. The zero-order chi connectivity index (χ0) is 18.9. The first-order valence-electron chi connectivity index (χ1n) is 8.24. The van der Waals surface area contributed by atoms with E-state index in [9.17, 15) is 14.4 Å². The number of benzene rings is 1. The van der Waals surface area contributed by atoms with Crippen LogP contribution < -0.4 is 5.32 Å². The van der Waals surface area contributed by atoms with Crippen molar-refractivity contribution >= 4 is 40.8 Å². The molecule has 0 bridgehead atoms. The summed E-state index contributed by atoms with van der Waals surface area (Å²) in [7, 11) is 0. The first-order valence-corrected chi connectivity index (χ1v) is 9.18. The number of esters is 1. The molecule has 1 aromatic carbocycles. The number of carbonyl (C=O) groups is 3. The molecule has 2 aromatic rings. The molecule has 0 saturated heterocycles. The van der Waals surface area contributed by atoms with Crippen LogP contribution in [0.4, 0.5) is 5.69 Å². The van der Waals surface area contributed by atoms with Crippen LogP contribution >= 0.6 is 11.3 Å². The van der Waals surface area contributed by atoms with Gasteiger partial charge in [0.05, 0.1) is 0 Å². The van der Waals surface area contributed by atoms with Gasteiger partial charge in [-0.3, -0.25) is 9.59 Å². The van der Waals surface area contributed by atoms with E-state index in [-0.39, 0.29) is 24.2 Å². The Morgan fingerprint density at radius 3 is 2.50 bits per heavy atom. The fraction of sp³-hybridized carbons (Fsp3) is 0.250. The van der Waals surface area contributed by atoms with Gasteiger partial charge in [-0.25, -0.2) is 4.79 Å². The quantitative estimate of drug-likeness (QED) is 0.429. The number of amides is 1. The van der Waals surface area contributed by atoms with E-state index >= 15 is 0 Å². The predicted molar refractivity (Wildman–Crippen MR) is 103 cm³/mol. The zero-order valence-corrected chi connectivity index (χ0v) is 15.5. The monoisotopic (exact) mass is 371 g/mol. The second-order valence-corrected chi connectivity index (χ2v) is 6.92. The molecule has 1 amide bonds. The van der Waals surface area contributed by atoms with Crippen molar-refractivity contribution in [2.75, 3.05) is 11.9 Å². The lowest BCUT2D eigenvalue weighted by Crippen LogP contribution is -2.14. The molecular weight excluding hydrogens is 350 g/mol. The fourth-order valence-electron chi connectivity index (χ4n) is 2.12. The van der Waals surface area contributed by atoms with Crippen LogP contribution in [0.3, 0.4) is 0 Å². The van der Waals surface area contributed by atoms with Crippen molar-refractivity contribution in [2.45, 2.75) is 20.3 Å². The Labute approximate surface area is 156 Å². The van der Waals surface area contributed by atoms with Crippen LogP contribution in [0.15, 0.2) is 47.2 Å². The molecule has 1 heterocycles. The molecule has 6 heteroatoms. The Bertz CT molecular complexity index is 777. The highest BCUT2D eigenvalue weighted by Gasteiger charge is 2.10. The fourth-order valence-corrected chi connectivity index (χ4v) is 2.75. The Morgan fingerprint density at radius 1 is 1.15 bits per heavy atom. The number of Topliss-reactive ketones (excluding diaryl/α,β-unsaturated/α-hetero) is 1. The largest absolute Gasteiger partial charge is 0.454 e. The van der Waals surface area contributed by atoms with Crippen molar-refractivity contribution in [3.8, 4) is 0 Å². The number of ketones is 1. The van der Waals surface area contributed by atoms with Crippen molar-refractivity contribution in [1.29, 1.82) is 0 Å². The Morgan fingerprint density at radius 2 is 1.88 bits per heavy atom. The summed E-state index contributed by atoms with van der Waals surface area (Å²) in [4.78, 5) is 35.4. The van der Waals surface area contributed by atoms with Gasteiger partial charge in [0.15, 0.2) is 12.4 Å². The van der Waals surface area contributed by atoms with Gasteiger partial charge in [0.1, 0.15) is 0 Å². The minimum Gasteiger partial charge on any atom is -0.454 e. The molecule has 5 nitrogen and oxygen atoms in total. The number of hydrogen-bond acceptors (Lipinski definition) is 5. The first kappa shape index (κ1) is 19.6. The van der Waals surface area contributed by atoms with Gasteiger partial charge in [0.25, 0.3) is 0 Å². The van der Waals surface area contributed by atoms with Gasteiger partial charge in [-0.15, -0.1) is 0 Å². The number of anilines is 1. The van der Waals surface area contributed by atoms with Crippen LogP contribution in [0.2, 0.25) is 0 Å². The van der Waals surface area contributed by atoms with Crippen LogP contribution in [0.1, 0.15) is 36.2 Å². The molecule has 136 valence electrons. The number of carbonyl (C=O) groups excluding carboxylic acids is 3. The van der Waals surface area contributed by atoms with Crippen molar-refractivity contribution in [1.82, 2.24) is 0 Å². The summed E-state index contributed by atoms with van der Waals surface area (Å²) in [5.41, 5.74) is 1.96. The maximum atomic E-state index is 12.1. The van der Waals surface area contributed by atoms with Gasteiger partial charge in [0.2, 0.25) is 5.91 Å². The molecule has 0 radical (unpaired) electrons. The third kappa shape index (κ3) is 6.64. The van der Waals surface area contributed by atoms with Gasteiger partial charge in [-0.1, -0.05) is 13.8 Å². The minimum atomic E-state index is -0.567. The number of hydrogen-bond donors (Lipinski definition) is 1. The van der Waals surface area contributed by atoms with Crippen molar-refractivity contribution in [3.05, 3.63) is 58.3 Å². The predicted octanol–water partition coefficient (Wildman–Crippen LogP) is 4.17. The highest BCUT2D eigenvalue weighted by atomic mass is 32.1. The van der Waals surface area contributed by atoms with Crippen molar-refractivity contribution < 1.29 is 19.1 Å². The van der Waals surface area contributed by atoms with E-state index in [4.69, 9.17) is 4.74 Å². The molecule has 0 fully saturated rings. The van der Waals surface area contributed by atoms with E-state index in [1.807, 2.05) is 30.7 Å². The van der Waals surface area contributed by atoms with E-state index in [2.05, 4.69) is 5.32 Å². The van der Waals surface area contributed by atoms with E-state index in [1.54, 1.807) is 30.3 Å². The summed E-state index contributed by atoms with van der Waals surface area (Å²) in [6, 6.07) is 8.39. The highest BCUT2D eigenvalue weighted by Crippen LogP contribution is 2.12. The Balaban J connectivity index is 1.82. The summed E-state index contributed by atoms with van der Waals surface area (Å²) in [6.07, 6.45) is 3.37. The van der Waals surface area contributed by atoms with Crippen molar-refractivity contribution in [2.24, 2.45) is 5.92 Å². The van der Waals surface area contributed by atoms with Gasteiger partial charge < -0.3 is 10.1 Å². The second-order valence-electron chi connectivity index (χ2n) is 6.14. The third-order valence-electron chi connectivity index (χ3n) is 3.38. The van der Waals surface area contributed by atoms with Crippen LogP contribution in [-0.4, -0.2) is 24.3 Å². The molecule has 2 rings (SSSR count). The van der Waals surface area contributed by atoms with Crippen LogP contribution in [0.25, 0.3) is 6.08 Å². The SMILES string of the molecule is CC(C)CC(=O)Nc1ccc(C(=O)COC(=O)/C=C/c2ccsc2)cc1. The lowest BCUT2D eigenvalue weighted by Gasteiger charge is -2.08. The molecule has 1 N–H and O–H groups in total. The average molecular weight is 371 g/mol. The summed E-state index contributed by atoms with van der Waals surface area (Å²) >= 11 is 1.53. The van der Waals surface area contributed by atoms with Gasteiger partial charge >= 0.3 is 5.97 Å². The number of rotatable bonds is 8. The molecule has 0 atom stereocenters. The smallest absolute Gasteiger partial charge is 0.331 e. The molecule has 26 heavy (non-hydrogen) atoms. The lowest BCUT2D eigenvalue weighted by molar-refractivity contribution is -0.136. The van der Waals surface area contributed by atoms with Crippen LogP contribution in [0.5, 0.6) is 0 Å². The molecule has 0 aliphatic heterocycles. The summed E-state index contributed by atoms with van der Waals surface area (Å²) in [5.74, 6) is -0.658. The summed E-state index contributed by atoms with van der Waals surface area (Å²) in [6.45, 7) is 3.61. The van der Waals surface area contributed by atoms with E-state index < -0.39 is 5.97 Å². The standard InChI is InChI=1S/C20H21NO4S/c1-14(2)11-19(23)21-17-6-4-16(5-7-17)18(22)12-25-20(24)8-3-15-9-10-26-13-15/h3-10,13-14H,11-12H2,1-2H3,(H,21,23)/b8-3+. The maximum absolute atomic E-state index is 12.1. The highest BCUT2D eigenvalue weighted by molar-refractivity contribution is 7.08. The van der Waals surface area contributed by atoms with E-state index in [1.165, 1.54) is 17.4 Å². The van der Waals surface area contributed by atoms with E-state index in [0.717, 1.165) is 5.56 Å². The Kier molecular flexibility index (Phi) is 7.29. The minimum absolute atomic E-state index is 0.0644. The molecule has 0 aliphatic carbocycles. The Hall–Kier alpha value is -2.73. The number of thiophene rings is 1. The van der Waals surface area contributed by atoms with Gasteiger partial charge in [-0.2, -0.15) is 11.3 Å². The summed E-state index contributed by atoms with van der Waals surface area (Å²) in [5, 5.41) is 6.58. The zero-order valence-electron chi connectivity index (χ0n) is 14.7. The number of nitrogens with one attached hydrogen (secondary N) is 1. The third-order valence-corrected chi connectivity index (χ3v) is 4.09. The topological polar surface area (TPSA) is 72.5 Å². The van der Waals surface area contributed by atoms with Gasteiger partial charge in [0, 0.05) is 23.7 Å². The normalized spacial score (nSPS) is 10.9. The van der Waals surface area contributed by atoms with Crippen molar-refractivity contribution in [3.63, 3.8) is 0 Å². The molecular formula is C20H21NO4S. The molecule has 0 unspecified atom stereocenters. The summed E-state index contributed by atoms with van der Waals surface area (Å²) < 4.78 is 4.95. The molecule has 0 aliphatic rings. The van der Waals surface area contributed by atoms with Gasteiger partial charge in [-0.05, 0) is 58.6 Å². The van der Waals surface area contributed by atoms with E-state index in [0.29, 0.717) is 17.7 Å². The average Bonchev–Trinajstić information content (AvgIpc) is 3.11. The molecule has 0 saturated carbocycles. The van der Waals surface area contributed by atoms with Crippen LogP contribution in [0, 0.1) is 5.92 Å². The molecule has 1 aromatic heterocycles. The molecule has 0 spiro atoms.